The van der Waals surface area contributed by atoms with Crippen molar-refractivity contribution in [3.8, 4) is 11.5 Å². The van der Waals surface area contributed by atoms with Gasteiger partial charge in [-0.3, -0.25) is 4.79 Å². The van der Waals surface area contributed by atoms with Crippen LogP contribution in [0.3, 0.4) is 0 Å². The minimum atomic E-state index is -0.522. The third-order valence-corrected chi connectivity index (χ3v) is 4.24. The maximum atomic E-state index is 12.6. The molecule has 7 heteroatoms. The maximum Gasteiger partial charge on any atom is 0.338 e. The number of benzene rings is 1. The van der Waals surface area contributed by atoms with Gasteiger partial charge >= 0.3 is 5.97 Å². The molecule has 0 heterocycles. The molecule has 0 saturated heterocycles. The molecule has 0 bridgehead atoms. The molecule has 1 amide bonds. The van der Waals surface area contributed by atoms with Gasteiger partial charge in [-0.25, -0.2) is 4.79 Å². The second-order valence-corrected chi connectivity index (χ2v) is 5.86. The number of hydrogen-bond acceptors (Lipinski definition) is 6. The first-order valence-electron chi connectivity index (χ1n) is 7.91. The molecule has 1 saturated carbocycles. The summed E-state index contributed by atoms with van der Waals surface area (Å²) in [6, 6.07) is 3.08. The summed E-state index contributed by atoms with van der Waals surface area (Å²) in [5.74, 6) is -0.0976. The fourth-order valence-corrected chi connectivity index (χ4v) is 2.99. The number of hydrogen-bond donors (Lipinski definition) is 2. The lowest BCUT2D eigenvalue weighted by Gasteiger charge is -2.26. The summed E-state index contributed by atoms with van der Waals surface area (Å²) in [6.07, 6.45) is 3.33. The van der Waals surface area contributed by atoms with Crippen LogP contribution in [0, 0.1) is 5.92 Å². The van der Waals surface area contributed by atoms with E-state index in [0.29, 0.717) is 23.6 Å². The van der Waals surface area contributed by atoms with Crippen LogP contribution in [0.1, 0.15) is 36.0 Å². The Morgan fingerprint density at radius 3 is 2.50 bits per heavy atom. The van der Waals surface area contributed by atoms with Crippen molar-refractivity contribution in [1.82, 2.24) is 0 Å². The lowest BCUT2D eigenvalue weighted by Crippen LogP contribution is -2.34. The van der Waals surface area contributed by atoms with Crippen molar-refractivity contribution < 1.29 is 23.8 Å². The molecular formula is C17H24N2O5. The number of anilines is 1. The first-order chi connectivity index (χ1) is 11.5. The summed E-state index contributed by atoms with van der Waals surface area (Å²) < 4.78 is 15.3. The monoisotopic (exact) mass is 336 g/mol. The van der Waals surface area contributed by atoms with Gasteiger partial charge in [-0.15, -0.1) is 0 Å². The van der Waals surface area contributed by atoms with Crippen molar-refractivity contribution in [1.29, 1.82) is 0 Å². The Morgan fingerprint density at radius 1 is 1.17 bits per heavy atom. The molecule has 1 aromatic carbocycles. The van der Waals surface area contributed by atoms with E-state index >= 15 is 0 Å². The van der Waals surface area contributed by atoms with Gasteiger partial charge in [-0.1, -0.05) is 6.42 Å². The molecule has 1 fully saturated rings. The van der Waals surface area contributed by atoms with Crippen LogP contribution in [0.2, 0.25) is 0 Å². The predicted octanol–water partition coefficient (Wildman–Crippen LogP) is 1.95. The normalized spacial score (nSPS) is 20.2. The van der Waals surface area contributed by atoms with Crippen LogP contribution in [0.25, 0.3) is 0 Å². The van der Waals surface area contributed by atoms with Crippen molar-refractivity contribution in [3.63, 3.8) is 0 Å². The first kappa shape index (κ1) is 18.1. The number of amides is 1. The van der Waals surface area contributed by atoms with Gasteiger partial charge in [0, 0.05) is 12.0 Å². The van der Waals surface area contributed by atoms with Crippen molar-refractivity contribution >= 4 is 17.6 Å². The second-order valence-electron chi connectivity index (χ2n) is 5.86. The number of carbonyl (C=O) groups is 2. The SMILES string of the molecule is COC(=O)c1cc(NC(=O)C2CCCC(N)C2)c(OC)c(OC)c1. The Kier molecular flexibility index (Phi) is 6.03. The third kappa shape index (κ3) is 3.97. The number of rotatable bonds is 5. The Balaban J connectivity index is 2.29. The Labute approximate surface area is 141 Å². The predicted molar refractivity (Wildman–Crippen MR) is 89.4 cm³/mol. The van der Waals surface area contributed by atoms with Gasteiger partial charge < -0.3 is 25.3 Å². The van der Waals surface area contributed by atoms with E-state index in [1.165, 1.54) is 33.5 Å². The van der Waals surface area contributed by atoms with Gasteiger partial charge in [-0.05, 0) is 31.4 Å². The van der Waals surface area contributed by atoms with E-state index < -0.39 is 5.97 Å². The van der Waals surface area contributed by atoms with Gasteiger partial charge in [0.05, 0.1) is 32.6 Å². The molecule has 0 spiro atoms. The molecular weight excluding hydrogens is 312 g/mol. The minimum Gasteiger partial charge on any atom is -0.493 e. The van der Waals surface area contributed by atoms with Gasteiger partial charge in [0.2, 0.25) is 5.91 Å². The van der Waals surface area contributed by atoms with Crippen LogP contribution < -0.4 is 20.5 Å². The van der Waals surface area contributed by atoms with Crippen LogP contribution in [-0.4, -0.2) is 39.2 Å². The van der Waals surface area contributed by atoms with Crippen molar-refractivity contribution in [2.24, 2.45) is 11.7 Å². The molecule has 3 N–H and O–H groups in total. The van der Waals surface area contributed by atoms with Gasteiger partial charge in [-0.2, -0.15) is 0 Å². The molecule has 0 radical (unpaired) electrons. The Hall–Kier alpha value is -2.28. The quantitative estimate of drug-likeness (QED) is 0.797. The van der Waals surface area contributed by atoms with Crippen molar-refractivity contribution in [3.05, 3.63) is 17.7 Å². The van der Waals surface area contributed by atoms with Gasteiger partial charge in [0.1, 0.15) is 0 Å². The summed E-state index contributed by atoms with van der Waals surface area (Å²) >= 11 is 0. The van der Waals surface area contributed by atoms with Crippen molar-refractivity contribution in [2.45, 2.75) is 31.7 Å². The fourth-order valence-electron chi connectivity index (χ4n) is 2.99. The summed E-state index contributed by atoms with van der Waals surface area (Å²) in [5.41, 5.74) is 6.60. The second kappa shape index (κ2) is 8.01. The van der Waals surface area contributed by atoms with E-state index in [9.17, 15) is 9.59 Å². The fraction of sp³-hybridized carbons (Fsp3) is 0.529. The zero-order valence-electron chi connectivity index (χ0n) is 14.3. The molecule has 24 heavy (non-hydrogen) atoms. The zero-order valence-corrected chi connectivity index (χ0v) is 14.3. The van der Waals surface area contributed by atoms with Crippen LogP contribution in [0.4, 0.5) is 5.69 Å². The highest BCUT2D eigenvalue weighted by atomic mass is 16.5. The van der Waals surface area contributed by atoms with Crippen LogP contribution >= 0.6 is 0 Å². The topological polar surface area (TPSA) is 99.9 Å². The number of nitrogens with two attached hydrogens (primary N) is 1. The summed E-state index contributed by atoms with van der Waals surface area (Å²) in [5, 5.41) is 2.84. The highest BCUT2D eigenvalue weighted by Gasteiger charge is 2.27. The molecule has 1 aliphatic carbocycles. The third-order valence-electron chi connectivity index (χ3n) is 4.24. The number of ether oxygens (including phenoxy) is 3. The van der Waals surface area contributed by atoms with E-state index in [-0.39, 0.29) is 23.4 Å². The summed E-state index contributed by atoms with van der Waals surface area (Å²) in [6.45, 7) is 0. The maximum absolute atomic E-state index is 12.6. The average Bonchev–Trinajstić information content (AvgIpc) is 2.60. The van der Waals surface area contributed by atoms with Crippen LogP contribution in [-0.2, 0) is 9.53 Å². The molecule has 1 aliphatic rings. The molecule has 2 atom stereocenters. The molecule has 2 rings (SSSR count). The summed E-state index contributed by atoms with van der Waals surface area (Å²) in [4.78, 5) is 24.4. The largest absolute Gasteiger partial charge is 0.493 e. The summed E-state index contributed by atoms with van der Waals surface area (Å²) in [7, 11) is 4.23. The Morgan fingerprint density at radius 2 is 1.92 bits per heavy atom. The highest BCUT2D eigenvalue weighted by molar-refractivity contribution is 5.98. The lowest BCUT2D eigenvalue weighted by molar-refractivity contribution is -0.120. The first-order valence-corrected chi connectivity index (χ1v) is 7.91. The van der Waals surface area contributed by atoms with Crippen LogP contribution in [0.5, 0.6) is 11.5 Å². The van der Waals surface area contributed by atoms with E-state index in [2.05, 4.69) is 5.32 Å². The highest BCUT2D eigenvalue weighted by Crippen LogP contribution is 2.37. The van der Waals surface area contributed by atoms with Crippen molar-refractivity contribution in [2.75, 3.05) is 26.6 Å². The van der Waals surface area contributed by atoms with E-state index in [0.717, 1.165) is 19.3 Å². The number of nitrogens with one attached hydrogen (secondary N) is 1. The van der Waals surface area contributed by atoms with E-state index in [1.54, 1.807) is 0 Å². The molecule has 2 unspecified atom stereocenters. The molecule has 0 aliphatic heterocycles. The molecule has 0 aromatic heterocycles. The standard InChI is InChI=1S/C17H24N2O5/c1-22-14-9-11(17(21)24-3)8-13(15(14)23-2)19-16(20)10-5-4-6-12(18)7-10/h8-10,12H,4-7,18H2,1-3H3,(H,19,20). The lowest BCUT2D eigenvalue weighted by atomic mass is 9.85. The minimum absolute atomic E-state index is 0.0485. The molecule has 7 nitrogen and oxygen atoms in total. The molecule has 132 valence electrons. The average molecular weight is 336 g/mol. The van der Waals surface area contributed by atoms with Gasteiger partial charge in [0.25, 0.3) is 0 Å². The zero-order chi connectivity index (χ0) is 17.7. The number of methoxy groups -OCH3 is 3. The van der Waals surface area contributed by atoms with Gasteiger partial charge in [0.15, 0.2) is 11.5 Å². The Bertz CT molecular complexity index is 617. The number of carbonyl (C=O) groups excluding carboxylic acids is 2. The van der Waals surface area contributed by atoms with E-state index in [4.69, 9.17) is 19.9 Å². The molecule has 1 aromatic rings. The van der Waals surface area contributed by atoms with E-state index in [1.807, 2.05) is 0 Å². The number of esters is 1. The smallest absolute Gasteiger partial charge is 0.338 e. The van der Waals surface area contributed by atoms with Crippen LogP contribution in [0.15, 0.2) is 12.1 Å².